The Bertz CT molecular complexity index is 445. The molecule has 1 amide bonds. The van der Waals surface area contributed by atoms with Crippen molar-refractivity contribution >= 4 is 11.6 Å². The second kappa shape index (κ2) is 6.06. The Labute approximate surface area is 115 Å². The summed E-state index contributed by atoms with van der Waals surface area (Å²) in [6, 6.07) is 8.53. The summed E-state index contributed by atoms with van der Waals surface area (Å²) in [6.45, 7) is 1.49. The Morgan fingerprint density at radius 1 is 1.42 bits per heavy atom. The first-order valence-electron chi connectivity index (χ1n) is 6.88. The van der Waals surface area contributed by atoms with Crippen molar-refractivity contribution in [1.82, 2.24) is 4.90 Å². The lowest BCUT2D eigenvalue weighted by molar-refractivity contribution is -0.129. The first kappa shape index (κ1) is 13.9. The number of hydrogen-bond acceptors (Lipinski definition) is 3. The first-order valence-corrected chi connectivity index (χ1v) is 6.88. The van der Waals surface area contributed by atoms with Gasteiger partial charge in [-0.05, 0) is 24.5 Å². The number of hydrogen-bond donors (Lipinski definition) is 1. The molecule has 0 saturated heterocycles. The van der Waals surface area contributed by atoms with E-state index in [4.69, 9.17) is 5.73 Å². The molecular formula is C15H23N3O. The average molecular weight is 261 g/mol. The summed E-state index contributed by atoms with van der Waals surface area (Å²) < 4.78 is 0. The van der Waals surface area contributed by atoms with Crippen LogP contribution < -0.4 is 10.6 Å². The molecule has 0 saturated carbocycles. The molecule has 104 valence electrons. The largest absolute Gasteiger partial charge is 0.367 e. The maximum absolute atomic E-state index is 11.9. The minimum absolute atomic E-state index is 0.0938. The summed E-state index contributed by atoms with van der Waals surface area (Å²) in [6.07, 6.45) is 2.73. The summed E-state index contributed by atoms with van der Waals surface area (Å²) >= 11 is 0. The van der Waals surface area contributed by atoms with Gasteiger partial charge in [-0.15, -0.1) is 0 Å². The van der Waals surface area contributed by atoms with Gasteiger partial charge in [-0.2, -0.15) is 0 Å². The summed E-state index contributed by atoms with van der Waals surface area (Å²) in [5.41, 5.74) is 8.51. The van der Waals surface area contributed by atoms with Crippen LogP contribution in [0.4, 0.5) is 5.69 Å². The molecule has 4 heteroatoms. The normalized spacial score (nSPS) is 15.8. The van der Waals surface area contributed by atoms with E-state index >= 15 is 0 Å². The molecule has 1 aliphatic heterocycles. The minimum atomic E-state index is 0.0938. The van der Waals surface area contributed by atoms with Crippen LogP contribution in [0.15, 0.2) is 24.3 Å². The van der Waals surface area contributed by atoms with Gasteiger partial charge in [0.15, 0.2) is 0 Å². The van der Waals surface area contributed by atoms with Crippen molar-refractivity contribution in [3.8, 4) is 0 Å². The lowest BCUT2D eigenvalue weighted by Crippen LogP contribution is -2.46. The van der Waals surface area contributed by atoms with E-state index < -0.39 is 0 Å². The average Bonchev–Trinajstić information content (AvgIpc) is 2.44. The predicted octanol–water partition coefficient (Wildman–Crippen LogP) is 1.24. The SMILES string of the molecule is CN(C)C(=O)CC(CN)N1CCCc2ccccc21. The number of nitrogens with zero attached hydrogens (tertiary/aromatic N) is 2. The van der Waals surface area contributed by atoms with Crippen LogP contribution >= 0.6 is 0 Å². The molecule has 1 unspecified atom stereocenters. The summed E-state index contributed by atoms with van der Waals surface area (Å²) in [5, 5.41) is 0. The first-order chi connectivity index (χ1) is 9.13. The lowest BCUT2D eigenvalue weighted by atomic mass is 9.99. The number of amides is 1. The summed E-state index contributed by atoms with van der Waals surface area (Å²) in [4.78, 5) is 15.9. The van der Waals surface area contributed by atoms with E-state index in [0.717, 1.165) is 19.4 Å². The van der Waals surface area contributed by atoms with Gasteiger partial charge >= 0.3 is 0 Å². The van der Waals surface area contributed by atoms with Crippen molar-refractivity contribution in [2.75, 3.05) is 32.1 Å². The van der Waals surface area contributed by atoms with Crippen LogP contribution in [0.1, 0.15) is 18.4 Å². The van der Waals surface area contributed by atoms with Gasteiger partial charge in [0.2, 0.25) is 5.91 Å². The molecule has 2 N–H and O–H groups in total. The monoisotopic (exact) mass is 261 g/mol. The fourth-order valence-electron chi connectivity index (χ4n) is 2.65. The van der Waals surface area contributed by atoms with E-state index in [-0.39, 0.29) is 11.9 Å². The van der Waals surface area contributed by atoms with Crippen molar-refractivity contribution in [3.63, 3.8) is 0 Å². The van der Waals surface area contributed by atoms with E-state index in [1.807, 2.05) is 0 Å². The van der Waals surface area contributed by atoms with E-state index in [0.29, 0.717) is 13.0 Å². The molecule has 1 atom stereocenters. The van der Waals surface area contributed by atoms with Gasteiger partial charge in [-0.3, -0.25) is 4.79 Å². The van der Waals surface area contributed by atoms with E-state index in [2.05, 4.69) is 29.2 Å². The molecule has 1 aromatic carbocycles. The number of nitrogens with two attached hydrogens (primary N) is 1. The molecule has 1 heterocycles. The molecule has 0 fully saturated rings. The number of carbonyl (C=O) groups is 1. The maximum Gasteiger partial charge on any atom is 0.224 e. The Balaban J connectivity index is 2.18. The zero-order chi connectivity index (χ0) is 13.8. The highest BCUT2D eigenvalue weighted by molar-refractivity contribution is 5.77. The van der Waals surface area contributed by atoms with Crippen LogP contribution in [-0.2, 0) is 11.2 Å². The third kappa shape index (κ3) is 3.07. The van der Waals surface area contributed by atoms with Crippen LogP contribution in [0.2, 0.25) is 0 Å². The molecule has 1 aliphatic rings. The van der Waals surface area contributed by atoms with E-state index in [1.54, 1.807) is 19.0 Å². The number of fused-ring (bicyclic) bond motifs is 1. The third-order valence-electron chi connectivity index (χ3n) is 3.77. The topological polar surface area (TPSA) is 49.6 Å². The molecule has 1 aromatic rings. The van der Waals surface area contributed by atoms with Crippen LogP contribution in [0.5, 0.6) is 0 Å². The second-order valence-electron chi connectivity index (χ2n) is 5.31. The Hall–Kier alpha value is -1.55. The molecular weight excluding hydrogens is 238 g/mol. The maximum atomic E-state index is 11.9. The molecule has 0 bridgehead atoms. The lowest BCUT2D eigenvalue weighted by Gasteiger charge is -2.37. The van der Waals surface area contributed by atoms with Crippen molar-refractivity contribution in [2.24, 2.45) is 5.73 Å². The number of anilines is 1. The van der Waals surface area contributed by atoms with E-state index in [1.165, 1.54) is 11.3 Å². The highest BCUT2D eigenvalue weighted by Crippen LogP contribution is 2.29. The number of para-hydroxylation sites is 1. The molecule has 0 aliphatic carbocycles. The highest BCUT2D eigenvalue weighted by Gasteiger charge is 2.25. The van der Waals surface area contributed by atoms with Gasteiger partial charge in [0, 0.05) is 45.3 Å². The minimum Gasteiger partial charge on any atom is -0.367 e. The molecule has 19 heavy (non-hydrogen) atoms. The van der Waals surface area contributed by atoms with Crippen molar-refractivity contribution in [1.29, 1.82) is 0 Å². The summed E-state index contributed by atoms with van der Waals surface area (Å²) in [5.74, 6) is 0.138. The zero-order valence-corrected chi connectivity index (χ0v) is 11.8. The van der Waals surface area contributed by atoms with Crippen molar-refractivity contribution in [3.05, 3.63) is 29.8 Å². The van der Waals surface area contributed by atoms with Gasteiger partial charge in [0.05, 0.1) is 0 Å². The van der Waals surface area contributed by atoms with Crippen LogP contribution in [0.25, 0.3) is 0 Å². The molecule has 4 nitrogen and oxygen atoms in total. The van der Waals surface area contributed by atoms with Gasteiger partial charge in [-0.1, -0.05) is 18.2 Å². The summed E-state index contributed by atoms with van der Waals surface area (Å²) in [7, 11) is 3.58. The van der Waals surface area contributed by atoms with Crippen molar-refractivity contribution < 1.29 is 4.79 Å². The smallest absolute Gasteiger partial charge is 0.224 e. The Kier molecular flexibility index (Phi) is 4.43. The fraction of sp³-hybridized carbons (Fsp3) is 0.533. The van der Waals surface area contributed by atoms with Crippen LogP contribution in [-0.4, -0.2) is 44.0 Å². The Morgan fingerprint density at radius 3 is 2.84 bits per heavy atom. The van der Waals surface area contributed by atoms with Crippen LogP contribution in [0.3, 0.4) is 0 Å². The zero-order valence-electron chi connectivity index (χ0n) is 11.8. The quantitative estimate of drug-likeness (QED) is 0.887. The van der Waals surface area contributed by atoms with Gasteiger partial charge < -0.3 is 15.5 Å². The molecule has 0 radical (unpaired) electrons. The number of carbonyl (C=O) groups excluding carboxylic acids is 1. The van der Waals surface area contributed by atoms with Gasteiger partial charge in [-0.25, -0.2) is 0 Å². The predicted molar refractivity (Wildman–Crippen MR) is 78.3 cm³/mol. The highest BCUT2D eigenvalue weighted by atomic mass is 16.2. The number of benzene rings is 1. The van der Waals surface area contributed by atoms with Gasteiger partial charge in [0.25, 0.3) is 0 Å². The third-order valence-corrected chi connectivity index (χ3v) is 3.77. The molecule has 2 rings (SSSR count). The van der Waals surface area contributed by atoms with Crippen molar-refractivity contribution in [2.45, 2.75) is 25.3 Å². The fourth-order valence-corrected chi connectivity index (χ4v) is 2.65. The van der Waals surface area contributed by atoms with Crippen LogP contribution in [0, 0.1) is 0 Å². The molecule has 0 spiro atoms. The number of aryl methyl sites for hydroxylation is 1. The Morgan fingerprint density at radius 2 is 2.16 bits per heavy atom. The number of rotatable bonds is 4. The van der Waals surface area contributed by atoms with E-state index in [9.17, 15) is 4.79 Å². The second-order valence-corrected chi connectivity index (χ2v) is 5.31. The standard InChI is InChI=1S/C15H23N3O/c1-17(2)15(19)10-13(11-16)18-9-5-7-12-6-3-4-8-14(12)18/h3-4,6,8,13H,5,7,9-11,16H2,1-2H3. The molecule has 0 aromatic heterocycles. The van der Waals surface area contributed by atoms with Gasteiger partial charge in [0.1, 0.15) is 0 Å².